The summed E-state index contributed by atoms with van der Waals surface area (Å²) in [5, 5.41) is 3.37. The molecule has 0 bridgehead atoms. The second-order valence-electron chi connectivity index (χ2n) is 5.90. The number of hydrogen-bond acceptors (Lipinski definition) is 4. The molecule has 0 saturated carbocycles. The largest absolute Gasteiger partial charge is 0.467 e. The summed E-state index contributed by atoms with van der Waals surface area (Å²) in [5.74, 6) is 0.897. The van der Waals surface area contributed by atoms with Crippen LogP contribution < -0.4 is 5.32 Å². The Bertz CT molecular complexity index is 448. The second kappa shape index (κ2) is 5.25. The fourth-order valence-electron chi connectivity index (χ4n) is 2.16. The van der Waals surface area contributed by atoms with Crippen LogP contribution in [-0.2, 0) is 4.74 Å². The highest BCUT2D eigenvalue weighted by Crippen LogP contribution is 2.22. The number of hydrogen-bond donors (Lipinski definition) is 1. The van der Waals surface area contributed by atoms with E-state index in [2.05, 4.69) is 5.32 Å². The lowest BCUT2D eigenvalue weighted by Gasteiger charge is -2.34. The summed E-state index contributed by atoms with van der Waals surface area (Å²) in [6.07, 6.45) is 1.42. The normalized spacial score (nSPS) is 20.4. The van der Waals surface area contributed by atoms with Gasteiger partial charge in [0.1, 0.15) is 11.4 Å². The first kappa shape index (κ1) is 13.9. The summed E-state index contributed by atoms with van der Waals surface area (Å²) in [5.41, 5.74) is 0.640. The van der Waals surface area contributed by atoms with E-state index in [1.54, 1.807) is 11.2 Å². The van der Waals surface area contributed by atoms with Gasteiger partial charge in [-0.3, -0.25) is 0 Å². The lowest BCUT2D eigenvalue weighted by Crippen LogP contribution is -2.49. The van der Waals surface area contributed by atoms with Gasteiger partial charge in [-0.15, -0.1) is 0 Å². The molecule has 5 nitrogen and oxygen atoms in total. The third kappa shape index (κ3) is 3.50. The molecule has 1 unspecified atom stereocenters. The van der Waals surface area contributed by atoms with Gasteiger partial charge in [0.05, 0.1) is 12.3 Å². The van der Waals surface area contributed by atoms with Crippen LogP contribution in [0.3, 0.4) is 0 Å². The van der Waals surface area contributed by atoms with E-state index < -0.39 is 5.60 Å². The first-order valence-electron chi connectivity index (χ1n) is 6.62. The summed E-state index contributed by atoms with van der Waals surface area (Å²) < 4.78 is 10.9. The number of aryl methyl sites for hydroxylation is 1. The van der Waals surface area contributed by atoms with Crippen molar-refractivity contribution in [2.24, 2.45) is 0 Å². The Labute approximate surface area is 113 Å². The third-order valence-corrected chi connectivity index (χ3v) is 3.05. The molecule has 2 heterocycles. The van der Waals surface area contributed by atoms with Crippen molar-refractivity contribution in [3.63, 3.8) is 0 Å². The Hall–Kier alpha value is -1.49. The van der Waals surface area contributed by atoms with Crippen molar-refractivity contribution < 1.29 is 13.9 Å². The summed E-state index contributed by atoms with van der Waals surface area (Å²) in [4.78, 5) is 13.8. The van der Waals surface area contributed by atoms with Crippen LogP contribution in [0.15, 0.2) is 16.7 Å². The van der Waals surface area contributed by atoms with Crippen molar-refractivity contribution in [3.05, 3.63) is 23.7 Å². The fourth-order valence-corrected chi connectivity index (χ4v) is 2.16. The van der Waals surface area contributed by atoms with E-state index in [1.807, 2.05) is 33.8 Å². The molecular formula is C14H22N2O3. The number of ether oxygens (including phenoxy) is 1. The Balaban J connectivity index is 2.01. The number of carbonyl (C=O) groups excluding carboxylic acids is 1. The number of carbonyl (C=O) groups is 1. The molecule has 2 rings (SSSR count). The van der Waals surface area contributed by atoms with Gasteiger partial charge < -0.3 is 19.4 Å². The molecule has 106 valence electrons. The summed E-state index contributed by atoms with van der Waals surface area (Å²) in [7, 11) is 0. The molecule has 5 heteroatoms. The van der Waals surface area contributed by atoms with E-state index in [9.17, 15) is 4.79 Å². The lowest BCUT2D eigenvalue weighted by atomic mass is 10.1. The van der Waals surface area contributed by atoms with Gasteiger partial charge in [-0.1, -0.05) is 0 Å². The van der Waals surface area contributed by atoms with Gasteiger partial charge in [0.25, 0.3) is 0 Å². The molecule has 1 N–H and O–H groups in total. The maximum atomic E-state index is 12.1. The van der Waals surface area contributed by atoms with Gasteiger partial charge in [0.15, 0.2) is 0 Å². The number of nitrogens with one attached hydrogen (secondary N) is 1. The fraction of sp³-hybridized carbons (Fsp3) is 0.643. The van der Waals surface area contributed by atoms with Crippen molar-refractivity contribution in [3.8, 4) is 0 Å². The zero-order valence-corrected chi connectivity index (χ0v) is 12.0. The molecule has 1 aliphatic heterocycles. The molecule has 0 aromatic carbocycles. The van der Waals surface area contributed by atoms with Crippen LogP contribution in [0, 0.1) is 6.92 Å². The van der Waals surface area contributed by atoms with Crippen molar-refractivity contribution in [1.82, 2.24) is 10.2 Å². The summed E-state index contributed by atoms with van der Waals surface area (Å²) in [6.45, 7) is 9.61. The van der Waals surface area contributed by atoms with Crippen LogP contribution in [-0.4, -0.2) is 36.2 Å². The van der Waals surface area contributed by atoms with E-state index in [1.165, 1.54) is 0 Å². The Kier molecular flexibility index (Phi) is 3.85. The number of furan rings is 1. The quantitative estimate of drug-likeness (QED) is 0.848. The zero-order valence-electron chi connectivity index (χ0n) is 12.0. The highest BCUT2D eigenvalue weighted by atomic mass is 16.6. The Morgan fingerprint density at radius 2 is 2.26 bits per heavy atom. The molecule has 1 atom stereocenters. The smallest absolute Gasteiger partial charge is 0.410 e. The topological polar surface area (TPSA) is 54.7 Å². The van der Waals surface area contributed by atoms with Gasteiger partial charge in [0.2, 0.25) is 0 Å². The average Bonchev–Trinajstić information content (AvgIpc) is 2.73. The third-order valence-electron chi connectivity index (χ3n) is 3.05. The SMILES string of the molecule is Cc1ccoc1C1CN(C(=O)OC(C)(C)C)CCN1. The Morgan fingerprint density at radius 3 is 2.84 bits per heavy atom. The average molecular weight is 266 g/mol. The van der Waals surface area contributed by atoms with Crippen molar-refractivity contribution in [1.29, 1.82) is 0 Å². The number of rotatable bonds is 1. The number of nitrogens with zero attached hydrogens (tertiary/aromatic N) is 1. The maximum absolute atomic E-state index is 12.1. The van der Waals surface area contributed by atoms with Crippen LogP contribution in [0.25, 0.3) is 0 Å². The molecule has 1 saturated heterocycles. The van der Waals surface area contributed by atoms with Crippen LogP contribution in [0.4, 0.5) is 4.79 Å². The maximum Gasteiger partial charge on any atom is 0.410 e. The van der Waals surface area contributed by atoms with E-state index in [0.717, 1.165) is 17.9 Å². The Morgan fingerprint density at radius 1 is 1.53 bits per heavy atom. The predicted molar refractivity (Wildman–Crippen MR) is 72.0 cm³/mol. The molecule has 1 fully saturated rings. The monoisotopic (exact) mass is 266 g/mol. The molecular weight excluding hydrogens is 244 g/mol. The minimum Gasteiger partial charge on any atom is -0.467 e. The van der Waals surface area contributed by atoms with Crippen LogP contribution in [0.1, 0.15) is 38.1 Å². The standard InChI is InChI=1S/C14H22N2O3/c1-10-5-8-18-12(10)11-9-16(7-6-15-11)13(17)19-14(2,3)4/h5,8,11,15H,6-7,9H2,1-4H3. The van der Waals surface area contributed by atoms with Crippen molar-refractivity contribution >= 4 is 6.09 Å². The molecule has 0 radical (unpaired) electrons. The molecule has 1 aromatic heterocycles. The predicted octanol–water partition coefficient (Wildman–Crippen LogP) is 2.47. The highest BCUT2D eigenvalue weighted by Gasteiger charge is 2.29. The van der Waals surface area contributed by atoms with Crippen LogP contribution in [0.5, 0.6) is 0 Å². The first-order valence-corrected chi connectivity index (χ1v) is 6.62. The van der Waals surface area contributed by atoms with Gasteiger partial charge in [-0.05, 0) is 39.3 Å². The van der Waals surface area contributed by atoms with Crippen molar-refractivity contribution in [2.45, 2.75) is 39.3 Å². The highest BCUT2D eigenvalue weighted by molar-refractivity contribution is 5.68. The van der Waals surface area contributed by atoms with E-state index in [-0.39, 0.29) is 12.1 Å². The minimum absolute atomic E-state index is 0.0382. The summed E-state index contributed by atoms with van der Waals surface area (Å²) >= 11 is 0. The van der Waals surface area contributed by atoms with Gasteiger partial charge in [-0.2, -0.15) is 0 Å². The molecule has 1 amide bonds. The number of piperazine rings is 1. The van der Waals surface area contributed by atoms with Crippen LogP contribution in [0.2, 0.25) is 0 Å². The van der Waals surface area contributed by atoms with E-state index in [4.69, 9.17) is 9.15 Å². The minimum atomic E-state index is -0.460. The molecule has 1 aromatic rings. The van der Waals surface area contributed by atoms with E-state index >= 15 is 0 Å². The summed E-state index contributed by atoms with van der Waals surface area (Å²) in [6, 6.07) is 1.97. The van der Waals surface area contributed by atoms with Gasteiger partial charge in [-0.25, -0.2) is 4.79 Å². The lowest BCUT2D eigenvalue weighted by molar-refractivity contribution is 0.0188. The van der Waals surface area contributed by atoms with Crippen molar-refractivity contribution in [2.75, 3.05) is 19.6 Å². The van der Waals surface area contributed by atoms with Crippen LogP contribution >= 0.6 is 0 Å². The molecule has 0 spiro atoms. The van der Waals surface area contributed by atoms with Gasteiger partial charge >= 0.3 is 6.09 Å². The van der Waals surface area contributed by atoms with E-state index in [0.29, 0.717) is 13.1 Å². The number of amides is 1. The molecule has 1 aliphatic rings. The first-order chi connectivity index (χ1) is 8.87. The zero-order chi connectivity index (χ0) is 14.0. The second-order valence-corrected chi connectivity index (χ2v) is 5.90. The van der Waals surface area contributed by atoms with Gasteiger partial charge in [0, 0.05) is 19.6 Å². The molecule has 0 aliphatic carbocycles. The molecule has 19 heavy (non-hydrogen) atoms.